The van der Waals surface area contributed by atoms with E-state index in [4.69, 9.17) is 9.84 Å². The van der Waals surface area contributed by atoms with Gasteiger partial charge in [0, 0.05) is 12.0 Å². The fraction of sp³-hybridized carbons (Fsp3) is 0.467. The lowest BCUT2D eigenvalue weighted by Gasteiger charge is -2.25. The molecule has 0 aliphatic carbocycles. The van der Waals surface area contributed by atoms with Gasteiger partial charge in [-0.15, -0.1) is 0 Å². The van der Waals surface area contributed by atoms with Crippen LogP contribution < -0.4 is 4.72 Å². The van der Waals surface area contributed by atoms with Gasteiger partial charge in [0.2, 0.25) is 10.0 Å². The lowest BCUT2D eigenvalue weighted by molar-refractivity contribution is -0.137. The van der Waals surface area contributed by atoms with Crippen molar-refractivity contribution in [2.24, 2.45) is 0 Å². The van der Waals surface area contributed by atoms with Crippen molar-refractivity contribution in [2.75, 3.05) is 6.61 Å². The fourth-order valence-electron chi connectivity index (χ4n) is 1.90. The van der Waals surface area contributed by atoms with Crippen LogP contribution in [-0.2, 0) is 19.6 Å². The third-order valence-electron chi connectivity index (χ3n) is 3.03. The molecule has 0 saturated heterocycles. The van der Waals surface area contributed by atoms with Gasteiger partial charge in [-0.1, -0.05) is 6.07 Å². The average molecular weight is 343 g/mol. The van der Waals surface area contributed by atoms with Crippen molar-refractivity contribution < 1.29 is 27.9 Å². The van der Waals surface area contributed by atoms with Gasteiger partial charge >= 0.3 is 11.9 Å². The Morgan fingerprint density at radius 3 is 2.52 bits per heavy atom. The smallest absolute Gasteiger partial charge is 0.338 e. The zero-order valence-corrected chi connectivity index (χ0v) is 14.1. The van der Waals surface area contributed by atoms with Crippen molar-refractivity contribution >= 4 is 22.0 Å². The predicted octanol–water partition coefficient (Wildman–Crippen LogP) is 1.79. The van der Waals surface area contributed by atoms with Gasteiger partial charge in [-0.2, -0.15) is 0 Å². The number of sulfonamides is 1. The van der Waals surface area contributed by atoms with Crippen molar-refractivity contribution in [3.63, 3.8) is 0 Å². The maximum atomic E-state index is 12.4. The van der Waals surface area contributed by atoms with Gasteiger partial charge in [0.05, 0.1) is 17.1 Å². The Bertz CT molecular complexity index is 681. The molecule has 0 aliphatic heterocycles. The third kappa shape index (κ3) is 5.99. The van der Waals surface area contributed by atoms with Crippen molar-refractivity contribution in [3.8, 4) is 0 Å². The second kappa shape index (κ2) is 7.56. The Hall–Kier alpha value is -1.93. The van der Waals surface area contributed by atoms with Gasteiger partial charge in [0.1, 0.15) is 0 Å². The van der Waals surface area contributed by atoms with Crippen molar-refractivity contribution in [3.05, 3.63) is 29.8 Å². The molecule has 0 aliphatic rings. The summed E-state index contributed by atoms with van der Waals surface area (Å²) in [5.41, 5.74) is -0.796. The second-order valence-electron chi connectivity index (χ2n) is 5.63. The number of hydrogen-bond acceptors (Lipinski definition) is 5. The number of carbonyl (C=O) groups is 2. The summed E-state index contributed by atoms with van der Waals surface area (Å²) in [6.07, 6.45) is -0.0164. The van der Waals surface area contributed by atoms with E-state index in [-0.39, 0.29) is 29.9 Å². The highest BCUT2D eigenvalue weighted by atomic mass is 32.2. The minimum atomic E-state index is -3.89. The predicted molar refractivity (Wildman–Crippen MR) is 83.7 cm³/mol. The van der Waals surface area contributed by atoms with Crippen LogP contribution in [0.5, 0.6) is 0 Å². The molecule has 0 aromatic heterocycles. The highest BCUT2D eigenvalue weighted by Crippen LogP contribution is 2.18. The normalized spacial score (nSPS) is 12.0. The maximum absolute atomic E-state index is 12.4. The Balaban J connectivity index is 2.98. The Morgan fingerprint density at radius 2 is 1.96 bits per heavy atom. The zero-order valence-electron chi connectivity index (χ0n) is 13.3. The number of nitrogens with one attached hydrogen (secondary N) is 1. The first-order valence-corrected chi connectivity index (χ1v) is 8.58. The van der Waals surface area contributed by atoms with Gasteiger partial charge in [-0.25, -0.2) is 17.9 Å². The van der Waals surface area contributed by atoms with E-state index in [0.29, 0.717) is 0 Å². The van der Waals surface area contributed by atoms with Gasteiger partial charge in [0.15, 0.2) is 0 Å². The standard InChI is InChI=1S/C15H21NO6S/c1-4-22-14(19)11-6-5-7-12(10-11)23(20,21)16-15(2,3)9-8-13(17)18/h5-7,10,16H,4,8-9H2,1-3H3,(H,17,18). The van der Waals surface area contributed by atoms with Crippen molar-refractivity contribution in [1.82, 2.24) is 4.72 Å². The maximum Gasteiger partial charge on any atom is 0.338 e. The van der Waals surface area contributed by atoms with E-state index >= 15 is 0 Å². The summed E-state index contributed by atoms with van der Waals surface area (Å²) in [5.74, 6) is -1.60. The molecule has 2 N–H and O–H groups in total. The summed E-state index contributed by atoms with van der Waals surface area (Å²) in [6, 6.07) is 5.50. The van der Waals surface area contributed by atoms with Crippen LogP contribution in [0.4, 0.5) is 0 Å². The summed E-state index contributed by atoms with van der Waals surface area (Å²) < 4.78 is 32.1. The number of rotatable bonds is 8. The van der Waals surface area contributed by atoms with Crippen molar-refractivity contribution in [1.29, 1.82) is 0 Å². The van der Waals surface area contributed by atoms with Gasteiger partial charge in [0.25, 0.3) is 0 Å². The molecular formula is C15H21NO6S. The molecule has 1 rings (SSSR count). The average Bonchev–Trinajstić information content (AvgIpc) is 2.45. The van der Waals surface area contributed by atoms with Crippen molar-refractivity contribution in [2.45, 2.75) is 44.0 Å². The first-order chi connectivity index (χ1) is 10.6. The third-order valence-corrected chi connectivity index (χ3v) is 4.73. The molecule has 7 nitrogen and oxygen atoms in total. The van der Waals surface area contributed by atoms with Crippen LogP contribution in [0.25, 0.3) is 0 Å². The number of carboxylic acid groups (broad SMARTS) is 1. The van der Waals surface area contributed by atoms with E-state index in [1.165, 1.54) is 24.3 Å². The number of aliphatic carboxylic acids is 1. The SMILES string of the molecule is CCOC(=O)c1cccc(S(=O)(=O)NC(C)(C)CCC(=O)O)c1. The topological polar surface area (TPSA) is 110 Å². The fourth-order valence-corrected chi connectivity index (χ4v) is 3.39. The Kier molecular flexibility index (Phi) is 6.28. The first kappa shape index (κ1) is 19.1. The van der Waals surface area contributed by atoms with Crippen LogP contribution in [-0.4, -0.2) is 37.6 Å². The molecule has 0 saturated carbocycles. The molecule has 0 unspecified atom stereocenters. The molecule has 0 bridgehead atoms. The van der Waals surface area contributed by atoms with Crippen LogP contribution in [0, 0.1) is 0 Å². The van der Waals surface area contributed by atoms with E-state index in [9.17, 15) is 18.0 Å². The van der Waals surface area contributed by atoms with E-state index in [1.807, 2.05) is 0 Å². The monoisotopic (exact) mass is 343 g/mol. The largest absolute Gasteiger partial charge is 0.481 e. The molecule has 23 heavy (non-hydrogen) atoms. The number of benzene rings is 1. The van der Waals surface area contributed by atoms with E-state index in [1.54, 1.807) is 20.8 Å². The summed E-state index contributed by atoms with van der Waals surface area (Å²) in [4.78, 5) is 22.2. The van der Waals surface area contributed by atoms with Gasteiger partial charge in [-0.3, -0.25) is 4.79 Å². The highest BCUT2D eigenvalue weighted by Gasteiger charge is 2.27. The number of carboxylic acids is 1. The molecule has 0 heterocycles. The Morgan fingerprint density at radius 1 is 1.30 bits per heavy atom. The molecule has 128 valence electrons. The van der Waals surface area contributed by atoms with Crippen LogP contribution in [0.1, 0.15) is 44.0 Å². The minimum absolute atomic E-state index is 0.0774. The minimum Gasteiger partial charge on any atom is -0.481 e. The number of hydrogen-bond donors (Lipinski definition) is 2. The lowest BCUT2D eigenvalue weighted by Crippen LogP contribution is -2.43. The molecule has 0 spiro atoms. The zero-order chi connectivity index (χ0) is 17.7. The van der Waals surface area contributed by atoms with Crippen LogP contribution >= 0.6 is 0 Å². The van der Waals surface area contributed by atoms with E-state index < -0.39 is 27.5 Å². The summed E-state index contributed by atoms with van der Waals surface area (Å²) in [6.45, 7) is 5.05. The lowest BCUT2D eigenvalue weighted by atomic mass is 10.0. The van der Waals surface area contributed by atoms with Crippen LogP contribution in [0.3, 0.4) is 0 Å². The Labute approximate surface area is 135 Å². The number of ether oxygens (including phenoxy) is 1. The molecule has 0 atom stereocenters. The molecular weight excluding hydrogens is 322 g/mol. The molecule has 0 amide bonds. The van der Waals surface area contributed by atoms with Crippen LogP contribution in [0.15, 0.2) is 29.2 Å². The van der Waals surface area contributed by atoms with Crippen LogP contribution in [0.2, 0.25) is 0 Å². The summed E-state index contributed by atoms with van der Waals surface area (Å²) in [7, 11) is -3.89. The second-order valence-corrected chi connectivity index (χ2v) is 7.31. The molecule has 1 aromatic rings. The van der Waals surface area contributed by atoms with Gasteiger partial charge in [-0.05, 0) is 45.4 Å². The van der Waals surface area contributed by atoms with E-state index in [2.05, 4.69) is 4.72 Å². The molecule has 1 aromatic carbocycles. The first-order valence-electron chi connectivity index (χ1n) is 7.10. The summed E-state index contributed by atoms with van der Waals surface area (Å²) >= 11 is 0. The molecule has 8 heteroatoms. The highest BCUT2D eigenvalue weighted by molar-refractivity contribution is 7.89. The molecule has 0 radical (unpaired) electrons. The van der Waals surface area contributed by atoms with Gasteiger partial charge < -0.3 is 9.84 Å². The van der Waals surface area contributed by atoms with E-state index in [0.717, 1.165) is 0 Å². The summed E-state index contributed by atoms with van der Waals surface area (Å²) in [5, 5.41) is 8.71. The molecule has 0 fully saturated rings. The number of esters is 1. The number of carbonyl (C=O) groups excluding carboxylic acids is 1. The quantitative estimate of drug-likeness (QED) is 0.696.